The number of benzene rings is 2. The first-order valence-corrected chi connectivity index (χ1v) is 8.22. The van der Waals surface area contributed by atoms with Crippen LogP contribution in [0, 0.1) is 6.92 Å². The molecule has 5 nitrogen and oxygen atoms in total. The number of esters is 1. The fourth-order valence-electron chi connectivity index (χ4n) is 2.55. The molecule has 5 heteroatoms. The summed E-state index contributed by atoms with van der Waals surface area (Å²) in [4.78, 5) is 11.9. The smallest absolute Gasteiger partial charge is 0.344 e. The van der Waals surface area contributed by atoms with Crippen LogP contribution >= 0.6 is 0 Å². The molecule has 0 amide bonds. The molecule has 0 fully saturated rings. The third-order valence-corrected chi connectivity index (χ3v) is 3.62. The Kier molecular flexibility index (Phi) is 4.49. The average Bonchev–Trinajstić information content (AvgIpc) is 2.96. The van der Waals surface area contributed by atoms with Crippen LogP contribution in [0.2, 0.25) is 0 Å². The number of hydrogen-bond donors (Lipinski definition) is 0. The largest absolute Gasteiger partial charge is 0.481 e. The van der Waals surface area contributed by atoms with E-state index in [1.54, 1.807) is 6.20 Å². The first-order valence-electron chi connectivity index (χ1n) is 8.22. The van der Waals surface area contributed by atoms with Crippen molar-refractivity contribution in [1.82, 2.24) is 9.78 Å². The molecule has 0 spiro atoms. The summed E-state index contributed by atoms with van der Waals surface area (Å²) >= 11 is 0. The van der Waals surface area contributed by atoms with Crippen LogP contribution < -0.4 is 4.74 Å². The second-order valence-corrected chi connectivity index (χ2v) is 6.96. The van der Waals surface area contributed by atoms with Gasteiger partial charge in [0.15, 0.2) is 6.61 Å². The molecule has 2 aromatic carbocycles. The zero-order valence-corrected chi connectivity index (χ0v) is 14.9. The van der Waals surface area contributed by atoms with Crippen molar-refractivity contribution in [2.45, 2.75) is 33.3 Å². The molecule has 0 saturated carbocycles. The monoisotopic (exact) mass is 338 g/mol. The topological polar surface area (TPSA) is 53.4 Å². The van der Waals surface area contributed by atoms with E-state index < -0.39 is 11.6 Å². The molecule has 0 aliphatic rings. The van der Waals surface area contributed by atoms with Crippen molar-refractivity contribution in [3.63, 3.8) is 0 Å². The summed E-state index contributed by atoms with van der Waals surface area (Å²) in [6, 6.07) is 13.8. The number of ether oxygens (including phenoxy) is 2. The van der Waals surface area contributed by atoms with Gasteiger partial charge in [0.2, 0.25) is 0 Å². The summed E-state index contributed by atoms with van der Waals surface area (Å²) in [5.41, 5.74) is 2.57. The van der Waals surface area contributed by atoms with Gasteiger partial charge in [0.05, 0.1) is 22.8 Å². The number of carbonyl (C=O) groups excluding carboxylic acids is 1. The van der Waals surface area contributed by atoms with Crippen LogP contribution in [0.3, 0.4) is 0 Å². The predicted molar refractivity (Wildman–Crippen MR) is 97.1 cm³/mol. The Hall–Kier alpha value is -2.82. The first-order chi connectivity index (χ1) is 11.8. The van der Waals surface area contributed by atoms with Crippen molar-refractivity contribution in [3.8, 4) is 11.4 Å². The normalized spacial score (nSPS) is 11.5. The van der Waals surface area contributed by atoms with Gasteiger partial charge >= 0.3 is 5.97 Å². The average molecular weight is 338 g/mol. The van der Waals surface area contributed by atoms with Crippen LogP contribution in [0.25, 0.3) is 16.6 Å². The minimum Gasteiger partial charge on any atom is -0.481 e. The highest BCUT2D eigenvalue weighted by Crippen LogP contribution is 2.27. The molecule has 0 bridgehead atoms. The van der Waals surface area contributed by atoms with Crippen LogP contribution in [-0.2, 0) is 9.53 Å². The number of fused-ring (bicyclic) bond motifs is 1. The van der Waals surface area contributed by atoms with Gasteiger partial charge in [-0.3, -0.25) is 0 Å². The van der Waals surface area contributed by atoms with Gasteiger partial charge < -0.3 is 9.47 Å². The molecular weight excluding hydrogens is 316 g/mol. The Labute approximate surface area is 147 Å². The molecule has 0 N–H and O–H groups in total. The molecule has 1 heterocycles. The summed E-state index contributed by atoms with van der Waals surface area (Å²) in [5.74, 6) is 0.220. The molecule has 3 rings (SSSR count). The molecule has 0 aliphatic carbocycles. The molecule has 0 atom stereocenters. The molecule has 1 aromatic heterocycles. The second kappa shape index (κ2) is 6.59. The number of carbonyl (C=O) groups is 1. The lowest BCUT2D eigenvalue weighted by Crippen LogP contribution is -2.27. The molecular formula is C20H22N2O3. The van der Waals surface area contributed by atoms with Crippen molar-refractivity contribution < 1.29 is 14.3 Å². The molecule has 0 unspecified atom stereocenters. The second-order valence-electron chi connectivity index (χ2n) is 6.96. The molecule has 25 heavy (non-hydrogen) atoms. The van der Waals surface area contributed by atoms with E-state index in [2.05, 4.69) is 5.10 Å². The Morgan fingerprint density at radius 2 is 1.84 bits per heavy atom. The fourth-order valence-corrected chi connectivity index (χ4v) is 2.55. The van der Waals surface area contributed by atoms with Crippen LogP contribution in [0.5, 0.6) is 5.75 Å². The minimum atomic E-state index is -0.525. The van der Waals surface area contributed by atoms with Gasteiger partial charge in [-0.05, 0) is 52.0 Å². The predicted octanol–water partition coefficient (Wildman–Crippen LogP) is 4.05. The SMILES string of the molecule is Cc1ccc(-n2ncc3c(OCC(=O)OC(C)(C)C)cccc32)cc1. The highest BCUT2D eigenvalue weighted by Gasteiger charge is 2.17. The van der Waals surface area contributed by atoms with Crippen LogP contribution in [0.15, 0.2) is 48.7 Å². The van der Waals surface area contributed by atoms with E-state index in [9.17, 15) is 4.79 Å². The number of aryl methyl sites for hydroxylation is 1. The number of hydrogen-bond acceptors (Lipinski definition) is 4. The lowest BCUT2D eigenvalue weighted by molar-refractivity contribution is -0.157. The van der Waals surface area contributed by atoms with Crippen LogP contribution in [-0.4, -0.2) is 28.0 Å². The van der Waals surface area contributed by atoms with E-state index in [0.717, 1.165) is 16.6 Å². The van der Waals surface area contributed by atoms with E-state index >= 15 is 0 Å². The van der Waals surface area contributed by atoms with E-state index in [4.69, 9.17) is 9.47 Å². The third kappa shape index (κ3) is 3.99. The molecule has 3 aromatic rings. The summed E-state index contributed by atoms with van der Waals surface area (Å²) < 4.78 is 12.8. The molecule has 0 radical (unpaired) electrons. The van der Waals surface area contributed by atoms with Crippen molar-refractivity contribution in [2.24, 2.45) is 0 Å². The first kappa shape index (κ1) is 17.0. The Morgan fingerprint density at radius 3 is 2.52 bits per heavy atom. The summed E-state index contributed by atoms with van der Waals surface area (Å²) in [5, 5.41) is 5.32. The maximum atomic E-state index is 11.9. The number of aromatic nitrogens is 2. The quantitative estimate of drug-likeness (QED) is 0.673. The molecule has 0 saturated heterocycles. The molecule has 130 valence electrons. The van der Waals surface area contributed by atoms with Gasteiger partial charge in [0.25, 0.3) is 0 Å². The summed E-state index contributed by atoms with van der Waals surface area (Å²) in [6.07, 6.45) is 1.75. The van der Waals surface area contributed by atoms with Gasteiger partial charge in [0.1, 0.15) is 11.4 Å². The van der Waals surface area contributed by atoms with Gasteiger partial charge in [-0.15, -0.1) is 0 Å². The lowest BCUT2D eigenvalue weighted by Gasteiger charge is -2.19. The molecule has 0 aliphatic heterocycles. The van der Waals surface area contributed by atoms with E-state index in [1.807, 2.05) is 74.8 Å². The van der Waals surface area contributed by atoms with Gasteiger partial charge in [-0.25, -0.2) is 9.48 Å². The fraction of sp³-hybridized carbons (Fsp3) is 0.300. The van der Waals surface area contributed by atoms with Gasteiger partial charge in [-0.1, -0.05) is 23.8 Å². The number of nitrogens with zero attached hydrogens (tertiary/aromatic N) is 2. The van der Waals surface area contributed by atoms with E-state index in [1.165, 1.54) is 5.56 Å². The van der Waals surface area contributed by atoms with E-state index in [-0.39, 0.29) is 6.61 Å². The van der Waals surface area contributed by atoms with Crippen molar-refractivity contribution in [3.05, 3.63) is 54.2 Å². The lowest BCUT2D eigenvalue weighted by atomic mass is 10.2. The van der Waals surface area contributed by atoms with Gasteiger partial charge in [0, 0.05) is 0 Å². The third-order valence-electron chi connectivity index (χ3n) is 3.62. The van der Waals surface area contributed by atoms with E-state index in [0.29, 0.717) is 5.75 Å². The van der Waals surface area contributed by atoms with Crippen molar-refractivity contribution in [2.75, 3.05) is 6.61 Å². The maximum absolute atomic E-state index is 11.9. The summed E-state index contributed by atoms with van der Waals surface area (Å²) in [7, 11) is 0. The minimum absolute atomic E-state index is 0.133. The highest BCUT2D eigenvalue weighted by molar-refractivity contribution is 5.86. The van der Waals surface area contributed by atoms with Crippen molar-refractivity contribution >= 4 is 16.9 Å². The zero-order valence-electron chi connectivity index (χ0n) is 14.9. The standard InChI is InChI=1S/C20H22N2O3/c1-14-8-10-15(11-9-14)22-17-6-5-7-18(16(17)12-21-22)24-13-19(23)25-20(2,3)4/h5-12H,13H2,1-4H3. The zero-order chi connectivity index (χ0) is 18.0. The van der Waals surface area contributed by atoms with Crippen molar-refractivity contribution in [1.29, 1.82) is 0 Å². The Balaban J connectivity index is 1.84. The Bertz CT molecular complexity index is 889. The maximum Gasteiger partial charge on any atom is 0.344 e. The van der Waals surface area contributed by atoms with Gasteiger partial charge in [-0.2, -0.15) is 5.10 Å². The highest BCUT2D eigenvalue weighted by atomic mass is 16.6. The summed E-state index contributed by atoms with van der Waals surface area (Å²) in [6.45, 7) is 7.41. The Morgan fingerprint density at radius 1 is 1.12 bits per heavy atom. The van der Waals surface area contributed by atoms with Crippen LogP contribution in [0.1, 0.15) is 26.3 Å². The van der Waals surface area contributed by atoms with Crippen LogP contribution in [0.4, 0.5) is 0 Å². The number of rotatable bonds is 4.